The Bertz CT molecular complexity index is 864. The van der Waals surface area contributed by atoms with Crippen molar-refractivity contribution in [1.29, 1.82) is 0 Å². The van der Waals surface area contributed by atoms with E-state index in [0.717, 1.165) is 61.1 Å². The third-order valence-corrected chi connectivity index (χ3v) is 5.84. The molecule has 1 aromatic carbocycles. The number of nitrogens with zero attached hydrogens (tertiary/aromatic N) is 2. The lowest BCUT2D eigenvalue weighted by molar-refractivity contribution is -0.125. The first-order chi connectivity index (χ1) is 13.6. The molecule has 2 fully saturated rings. The van der Waals surface area contributed by atoms with Crippen LogP contribution in [0.15, 0.2) is 18.2 Å². The summed E-state index contributed by atoms with van der Waals surface area (Å²) in [5, 5.41) is 5.97. The summed E-state index contributed by atoms with van der Waals surface area (Å²) >= 11 is 0. The number of aromatic nitrogens is 2. The molecule has 2 N–H and O–H groups in total. The van der Waals surface area contributed by atoms with Gasteiger partial charge in [0.05, 0.1) is 11.0 Å². The molecule has 7 nitrogen and oxygen atoms in total. The van der Waals surface area contributed by atoms with Crippen molar-refractivity contribution in [2.75, 3.05) is 18.5 Å². The van der Waals surface area contributed by atoms with Crippen LogP contribution in [0.3, 0.4) is 0 Å². The maximum Gasteiger partial charge on any atom is 0.253 e. The Morgan fingerprint density at radius 3 is 2.75 bits per heavy atom. The predicted octanol–water partition coefficient (Wildman–Crippen LogP) is 2.54. The molecule has 2 aliphatic rings. The van der Waals surface area contributed by atoms with Gasteiger partial charge in [-0.25, -0.2) is 4.98 Å². The van der Waals surface area contributed by atoms with Crippen LogP contribution >= 0.6 is 0 Å². The molecule has 2 heterocycles. The molecule has 1 aromatic heterocycles. The van der Waals surface area contributed by atoms with Gasteiger partial charge in [0, 0.05) is 38.2 Å². The van der Waals surface area contributed by atoms with Crippen LogP contribution in [0.5, 0.6) is 0 Å². The van der Waals surface area contributed by atoms with Gasteiger partial charge in [0.15, 0.2) is 0 Å². The molecular weight excluding hydrogens is 356 g/mol. The summed E-state index contributed by atoms with van der Waals surface area (Å²) < 4.78 is 7.48. The number of benzene rings is 1. The highest BCUT2D eigenvalue weighted by Gasteiger charge is 2.24. The number of nitrogens with one attached hydrogen (secondary N) is 2. The normalized spacial score (nSPS) is 20.0. The Labute approximate surface area is 164 Å². The molecule has 1 saturated heterocycles. The maximum atomic E-state index is 12.2. The second-order valence-electron chi connectivity index (χ2n) is 7.80. The minimum absolute atomic E-state index is 0.0948. The minimum Gasteiger partial charge on any atom is -0.368 e. The fraction of sp³-hybridized carbons (Fsp3) is 0.571. The molecule has 0 unspecified atom stereocenters. The van der Waals surface area contributed by atoms with Gasteiger partial charge in [0.1, 0.15) is 11.9 Å². The highest BCUT2D eigenvalue weighted by Crippen LogP contribution is 2.25. The number of imidazole rings is 1. The number of amides is 2. The van der Waals surface area contributed by atoms with Gasteiger partial charge in [-0.05, 0) is 43.9 Å². The van der Waals surface area contributed by atoms with Crippen molar-refractivity contribution in [3.8, 4) is 0 Å². The lowest BCUT2D eigenvalue weighted by Crippen LogP contribution is -2.31. The summed E-state index contributed by atoms with van der Waals surface area (Å²) in [5.74, 6) is 1.19. The largest absolute Gasteiger partial charge is 0.368 e. The fourth-order valence-corrected chi connectivity index (χ4v) is 4.19. The second kappa shape index (κ2) is 8.31. The molecule has 0 bridgehead atoms. The molecule has 4 rings (SSSR count). The first-order valence-corrected chi connectivity index (χ1v) is 10.3. The van der Waals surface area contributed by atoms with Crippen LogP contribution in [0.2, 0.25) is 0 Å². The monoisotopic (exact) mass is 384 g/mol. The van der Waals surface area contributed by atoms with Gasteiger partial charge in [0.25, 0.3) is 5.91 Å². The summed E-state index contributed by atoms with van der Waals surface area (Å²) in [7, 11) is 1.98. The number of carbonyl (C=O) groups is 2. The van der Waals surface area contributed by atoms with E-state index < -0.39 is 0 Å². The molecule has 1 saturated carbocycles. The first-order valence-electron chi connectivity index (χ1n) is 10.3. The molecule has 2 aromatic rings. The molecule has 0 radical (unpaired) electrons. The molecule has 28 heavy (non-hydrogen) atoms. The number of fused-ring (bicyclic) bond motifs is 1. The zero-order chi connectivity index (χ0) is 19.5. The summed E-state index contributed by atoms with van der Waals surface area (Å²) in [5.41, 5.74) is 2.57. The zero-order valence-corrected chi connectivity index (χ0v) is 16.4. The Morgan fingerprint density at radius 2 is 2.00 bits per heavy atom. The van der Waals surface area contributed by atoms with E-state index in [2.05, 4.69) is 10.6 Å². The average Bonchev–Trinajstić information content (AvgIpc) is 3.44. The predicted molar refractivity (Wildman–Crippen MR) is 107 cm³/mol. The highest BCUT2D eigenvalue weighted by molar-refractivity contribution is 5.96. The summed E-state index contributed by atoms with van der Waals surface area (Å²) in [4.78, 5) is 29.1. The van der Waals surface area contributed by atoms with Gasteiger partial charge in [-0.3, -0.25) is 9.59 Å². The van der Waals surface area contributed by atoms with Gasteiger partial charge in [0.2, 0.25) is 5.91 Å². The lowest BCUT2D eigenvalue weighted by atomic mass is 10.1. The molecule has 2 amide bonds. The number of rotatable bonds is 6. The van der Waals surface area contributed by atoms with E-state index in [1.54, 1.807) is 0 Å². The quantitative estimate of drug-likeness (QED) is 0.801. The maximum absolute atomic E-state index is 12.2. The summed E-state index contributed by atoms with van der Waals surface area (Å²) in [6.07, 6.45) is 6.38. The minimum atomic E-state index is -0.349. The average molecular weight is 384 g/mol. The Hall–Kier alpha value is -2.41. The smallest absolute Gasteiger partial charge is 0.253 e. The van der Waals surface area contributed by atoms with E-state index in [4.69, 9.17) is 9.72 Å². The molecule has 1 aliphatic carbocycles. The SMILES string of the molecule is Cn1c(CCNC(=O)C2CCCC2)nc2cc(NC(=O)[C@H]3CCCO3)ccc21. The molecule has 1 atom stereocenters. The van der Waals surface area contributed by atoms with Crippen LogP contribution in [-0.4, -0.2) is 40.6 Å². The standard InChI is InChI=1S/C21H28N4O3/c1-25-17-9-8-15(23-21(27)18-7-4-12-28-18)13-16(17)24-19(25)10-11-22-20(26)14-5-2-3-6-14/h8-9,13-14,18H,2-7,10-12H2,1H3,(H,22,26)(H,23,27)/t18-/m1/s1. The molecule has 7 heteroatoms. The summed E-state index contributed by atoms with van der Waals surface area (Å²) in [6.45, 7) is 1.24. The number of ether oxygens (including phenoxy) is 1. The van der Waals surface area contributed by atoms with Crippen molar-refractivity contribution in [2.24, 2.45) is 13.0 Å². The van der Waals surface area contributed by atoms with Gasteiger partial charge in [-0.15, -0.1) is 0 Å². The third-order valence-electron chi connectivity index (χ3n) is 5.84. The van der Waals surface area contributed by atoms with Crippen molar-refractivity contribution < 1.29 is 14.3 Å². The number of hydrogen-bond donors (Lipinski definition) is 2. The van der Waals surface area contributed by atoms with Crippen molar-refractivity contribution in [1.82, 2.24) is 14.9 Å². The Kier molecular flexibility index (Phi) is 5.62. The van der Waals surface area contributed by atoms with Gasteiger partial charge in [-0.2, -0.15) is 0 Å². The van der Waals surface area contributed by atoms with Crippen molar-refractivity contribution in [3.63, 3.8) is 0 Å². The van der Waals surface area contributed by atoms with Crippen molar-refractivity contribution in [3.05, 3.63) is 24.0 Å². The van der Waals surface area contributed by atoms with Crippen LogP contribution in [0.25, 0.3) is 11.0 Å². The van der Waals surface area contributed by atoms with Crippen LogP contribution in [0.1, 0.15) is 44.3 Å². The highest BCUT2D eigenvalue weighted by atomic mass is 16.5. The summed E-state index contributed by atoms with van der Waals surface area (Å²) in [6, 6.07) is 5.75. The van der Waals surface area contributed by atoms with E-state index in [9.17, 15) is 9.59 Å². The molecule has 150 valence electrons. The van der Waals surface area contributed by atoms with Gasteiger partial charge < -0.3 is 19.9 Å². The molecular formula is C21H28N4O3. The number of anilines is 1. The Balaban J connectivity index is 1.38. The lowest BCUT2D eigenvalue weighted by Gasteiger charge is -2.10. The van der Waals surface area contributed by atoms with Gasteiger partial charge in [-0.1, -0.05) is 12.8 Å². The fourth-order valence-electron chi connectivity index (χ4n) is 4.19. The van der Waals surface area contributed by atoms with E-state index in [1.165, 1.54) is 0 Å². The topological polar surface area (TPSA) is 85.3 Å². The van der Waals surface area contributed by atoms with Crippen molar-refractivity contribution in [2.45, 2.75) is 51.0 Å². The first kappa shape index (κ1) is 18.9. The van der Waals surface area contributed by atoms with E-state index in [-0.39, 0.29) is 23.8 Å². The molecule has 1 aliphatic heterocycles. The second-order valence-corrected chi connectivity index (χ2v) is 7.80. The van der Waals surface area contributed by atoms with E-state index >= 15 is 0 Å². The van der Waals surface area contributed by atoms with E-state index in [1.807, 2.05) is 29.8 Å². The van der Waals surface area contributed by atoms with Crippen molar-refractivity contribution >= 4 is 28.5 Å². The molecule has 0 spiro atoms. The van der Waals surface area contributed by atoms with Crippen LogP contribution in [0, 0.1) is 5.92 Å². The van der Waals surface area contributed by atoms with Crippen LogP contribution in [0.4, 0.5) is 5.69 Å². The number of hydrogen-bond acceptors (Lipinski definition) is 4. The zero-order valence-electron chi connectivity index (χ0n) is 16.4. The van der Waals surface area contributed by atoms with Gasteiger partial charge >= 0.3 is 0 Å². The number of aryl methyl sites for hydroxylation is 1. The van der Waals surface area contributed by atoms with Crippen LogP contribution in [-0.2, 0) is 27.8 Å². The van der Waals surface area contributed by atoms with E-state index in [0.29, 0.717) is 19.6 Å². The number of carbonyl (C=O) groups excluding carboxylic acids is 2. The van der Waals surface area contributed by atoms with Crippen LogP contribution < -0.4 is 10.6 Å². The Morgan fingerprint density at radius 1 is 1.18 bits per heavy atom. The third kappa shape index (κ3) is 4.04.